The number of fused-ring (bicyclic) bond motifs is 1. The average molecular weight is 505 g/mol. The number of nitrogens with one attached hydrogen (secondary N) is 1. The standard InChI is InChI=1S/C28H29ClN4O3/c1-33-13-11-19(12-14-33)17-35-27-16-25-24(15-26(27)34-2)28(31-18-30-25)32-21-5-9-23(10-6-21)36-22-7-3-20(29)4-8-22/h3-10,15-16,18-19H,11-14,17H2,1-2H3,(H,30,31,32). The number of likely N-dealkylation sites (tertiary alicyclic amines) is 1. The fourth-order valence-electron chi connectivity index (χ4n) is 4.25. The topological polar surface area (TPSA) is 68.7 Å². The molecule has 0 radical (unpaired) electrons. The number of benzene rings is 3. The number of nitrogens with zero attached hydrogens (tertiary/aromatic N) is 3. The number of rotatable bonds is 8. The van der Waals surface area contributed by atoms with E-state index in [-0.39, 0.29) is 0 Å². The highest BCUT2D eigenvalue weighted by Gasteiger charge is 2.19. The number of anilines is 2. The van der Waals surface area contributed by atoms with Crippen LogP contribution in [0.4, 0.5) is 11.5 Å². The minimum Gasteiger partial charge on any atom is -0.493 e. The van der Waals surface area contributed by atoms with Gasteiger partial charge in [-0.15, -0.1) is 0 Å². The smallest absolute Gasteiger partial charge is 0.163 e. The molecule has 5 rings (SSSR count). The molecule has 3 aromatic carbocycles. The van der Waals surface area contributed by atoms with Gasteiger partial charge in [0.15, 0.2) is 11.5 Å². The number of hydrogen-bond acceptors (Lipinski definition) is 7. The van der Waals surface area contributed by atoms with Crippen molar-refractivity contribution in [3.63, 3.8) is 0 Å². The van der Waals surface area contributed by atoms with E-state index in [9.17, 15) is 0 Å². The first-order chi connectivity index (χ1) is 17.6. The zero-order valence-corrected chi connectivity index (χ0v) is 21.2. The molecule has 0 amide bonds. The first-order valence-corrected chi connectivity index (χ1v) is 12.4. The number of ether oxygens (including phenoxy) is 3. The Morgan fingerprint density at radius 2 is 1.64 bits per heavy atom. The maximum absolute atomic E-state index is 6.19. The Bertz CT molecular complexity index is 1310. The van der Waals surface area contributed by atoms with Crippen LogP contribution in [-0.2, 0) is 0 Å². The average Bonchev–Trinajstić information content (AvgIpc) is 2.90. The molecule has 0 aliphatic carbocycles. The molecule has 2 heterocycles. The van der Waals surface area contributed by atoms with Crippen molar-refractivity contribution >= 4 is 34.0 Å². The molecule has 0 bridgehead atoms. The molecule has 0 unspecified atom stereocenters. The molecule has 7 nitrogen and oxygen atoms in total. The van der Waals surface area contributed by atoms with Gasteiger partial charge >= 0.3 is 0 Å². The van der Waals surface area contributed by atoms with Gasteiger partial charge in [0.05, 0.1) is 19.2 Å². The molecule has 186 valence electrons. The SMILES string of the molecule is COc1cc2c(Nc3ccc(Oc4ccc(Cl)cc4)cc3)ncnc2cc1OCC1CCN(C)CC1. The fourth-order valence-corrected chi connectivity index (χ4v) is 4.38. The van der Waals surface area contributed by atoms with Crippen molar-refractivity contribution in [1.82, 2.24) is 14.9 Å². The van der Waals surface area contributed by atoms with Crippen molar-refractivity contribution < 1.29 is 14.2 Å². The molecule has 36 heavy (non-hydrogen) atoms. The summed E-state index contributed by atoms with van der Waals surface area (Å²) >= 11 is 5.94. The van der Waals surface area contributed by atoms with E-state index in [1.54, 1.807) is 25.6 Å². The Balaban J connectivity index is 1.30. The van der Waals surface area contributed by atoms with Gasteiger partial charge in [-0.2, -0.15) is 0 Å². The zero-order chi connectivity index (χ0) is 24.9. The van der Waals surface area contributed by atoms with E-state index in [0.29, 0.717) is 34.9 Å². The highest BCUT2D eigenvalue weighted by molar-refractivity contribution is 6.30. The lowest BCUT2D eigenvalue weighted by Crippen LogP contribution is -2.32. The van der Waals surface area contributed by atoms with Gasteiger partial charge in [-0.25, -0.2) is 9.97 Å². The van der Waals surface area contributed by atoms with Crippen LogP contribution in [0.2, 0.25) is 5.02 Å². The molecule has 1 N–H and O–H groups in total. The van der Waals surface area contributed by atoms with Crippen molar-refractivity contribution in [2.45, 2.75) is 12.8 Å². The van der Waals surface area contributed by atoms with Gasteiger partial charge in [-0.3, -0.25) is 0 Å². The van der Waals surface area contributed by atoms with Gasteiger partial charge in [-0.05, 0) is 93.5 Å². The summed E-state index contributed by atoms with van der Waals surface area (Å²) in [4.78, 5) is 11.3. The second kappa shape index (κ2) is 11.0. The Labute approximate surface area is 216 Å². The molecule has 1 aliphatic rings. The summed E-state index contributed by atoms with van der Waals surface area (Å²) in [5, 5.41) is 4.90. The van der Waals surface area contributed by atoms with E-state index >= 15 is 0 Å². The van der Waals surface area contributed by atoms with E-state index in [4.69, 9.17) is 25.8 Å². The summed E-state index contributed by atoms with van der Waals surface area (Å²) in [7, 11) is 3.82. The van der Waals surface area contributed by atoms with Crippen LogP contribution >= 0.6 is 11.6 Å². The maximum Gasteiger partial charge on any atom is 0.163 e. The first-order valence-electron chi connectivity index (χ1n) is 12.0. The van der Waals surface area contributed by atoms with Gasteiger partial charge in [0.25, 0.3) is 0 Å². The molecule has 1 fully saturated rings. The Morgan fingerprint density at radius 1 is 0.944 bits per heavy atom. The Morgan fingerprint density at radius 3 is 2.33 bits per heavy atom. The number of methoxy groups -OCH3 is 1. The lowest BCUT2D eigenvalue weighted by molar-refractivity contribution is 0.157. The quantitative estimate of drug-likeness (QED) is 0.292. The van der Waals surface area contributed by atoms with Crippen LogP contribution in [0.3, 0.4) is 0 Å². The minimum atomic E-state index is 0.552. The number of halogens is 1. The molecule has 1 aliphatic heterocycles. The third-order valence-electron chi connectivity index (χ3n) is 6.40. The van der Waals surface area contributed by atoms with Crippen molar-refractivity contribution in [2.75, 3.05) is 39.2 Å². The highest BCUT2D eigenvalue weighted by Crippen LogP contribution is 2.35. The van der Waals surface area contributed by atoms with Crippen LogP contribution in [0, 0.1) is 5.92 Å². The second-order valence-electron chi connectivity index (χ2n) is 9.01. The van der Waals surface area contributed by atoms with E-state index < -0.39 is 0 Å². The molecule has 0 spiro atoms. The second-order valence-corrected chi connectivity index (χ2v) is 9.44. The normalized spacial score (nSPS) is 14.5. The first kappa shape index (κ1) is 24.2. The maximum atomic E-state index is 6.19. The van der Waals surface area contributed by atoms with Crippen molar-refractivity contribution in [3.05, 3.63) is 72.0 Å². The van der Waals surface area contributed by atoms with Crippen molar-refractivity contribution in [1.29, 1.82) is 0 Å². The van der Waals surface area contributed by atoms with Crippen molar-refractivity contribution in [3.8, 4) is 23.0 Å². The lowest BCUT2D eigenvalue weighted by atomic mass is 9.98. The van der Waals surface area contributed by atoms with E-state index in [2.05, 4.69) is 27.2 Å². The lowest BCUT2D eigenvalue weighted by Gasteiger charge is -2.28. The summed E-state index contributed by atoms with van der Waals surface area (Å²) < 4.78 is 17.7. The van der Waals surface area contributed by atoms with Gasteiger partial charge in [0, 0.05) is 22.2 Å². The van der Waals surface area contributed by atoms with Gasteiger partial charge in [0.2, 0.25) is 0 Å². The molecule has 0 atom stereocenters. The van der Waals surface area contributed by atoms with Crippen LogP contribution in [0.5, 0.6) is 23.0 Å². The molecule has 1 saturated heterocycles. The zero-order valence-electron chi connectivity index (χ0n) is 20.4. The number of hydrogen-bond donors (Lipinski definition) is 1. The molecular formula is C28H29ClN4O3. The molecule has 4 aromatic rings. The van der Waals surface area contributed by atoms with Crippen LogP contribution in [-0.4, -0.2) is 48.7 Å². The fraction of sp³-hybridized carbons (Fsp3) is 0.286. The van der Waals surface area contributed by atoms with Crippen LogP contribution in [0.1, 0.15) is 12.8 Å². The molecule has 1 aromatic heterocycles. The number of piperidine rings is 1. The van der Waals surface area contributed by atoms with E-state index in [1.807, 2.05) is 48.5 Å². The predicted molar refractivity (Wildman–Crippen MR) is 143 cm³/mol. The highest BCUT2D eigenvalue weighted by atomic mass is 35.5. The van der Waals surface area contributed by atoms with Crippen molar-refractivity contribution in [2.24, 2.45) is 5.92 Å². The van der Waals surface area contributed by atoms with Gasteiger partial charge in [-0.1, -0.05) is 11.6 Å². The summed E-state index contributed by atoms with van der Waals surface area (Å²) in [5.41, 5.74) is 1.66. The monoisotopic (exact) mass is 504 g/mol. The minimum absolute atomic E-state index is 0.552. The van der Waals surface area contributed by atoms with Crippen LogP contribution in [0.25, 0.3) is 10.9 Å². The molecule has 0 saturated carbocycles. The summed E-state index contributed by atoms with van der Waals surface area (Å²) in [6.07, 6.45) is 3.84. The third kappa shape index (κ3) is 5.80. The van der Waals surface area contributed by atoms with Gasteiger partial charge in [0.1, 0.15) is 23.6 Å². The number of aromatic nitrogens is 2. The van der Waals surface area contributed by atoms with E-state index in [1.165, 1.54) is 0 Å². The summed E-state index contributed by atoms with van der Waals surface area (Å²) in [6, 6.07) is 18.8. The molecular weight excluding hydrogens is 476 g/mol. The van der Waals surface area contributed by atoms with Crippen LogP contribution in [0.15, 0.2) is 67.0 Å². The van der Waals surface area contributed by atoms with Crippen LogP contribution < -0.4 is 19.5 Å². The third-order valence-corrected chi connectivity index (χ3v) is 6.65. The Kier molecular flexibility index (Phi) is 7.39. The van der Waals surface area contributed by atoms with E-state index in [0.717, 1.165) is 54.0 Å². The largest absolute Gasteiger partial charge is 0.493 e. The van der Waals surface area contributed by atoms with Gasteiger partial charge < -0.3 is 24.4 Å². The molecule has 8 heteroatoms. The Hall–Kier alpha value is -3.55. The summed E-state index contributed by atoms with van der Waals surface area (Å²) in [5.74, 6) is 4.06. The predicted octanol–water partition coefficient (Wildman–Crippen LogP) is 6.55. The summed E-state index contributed by atoms with van der Waals surface area (Å²) in [6.45, 7) is 2.90.